The highest BCUT2D eigenvalue weighted by Crippen LogP contribution is 2.32. The largest absolute Gasteiger partial charge is 0.507 e. The third-order valence-corrected chi connectivity index (χ3v) is 4.94. The van der Waals surface area contributed by atoms with Gasteiger partial charge in [-0.15, -0.1) is 0 Å². The molecule has 1 aliphatic heterocycles. The lowest BCUT2D eigenvalue weighted by Crippen LogP contribution is -2.21. The lowest BCUT2D eigenvalue weighted by molar-refractivity contribution is 0.135. The minimum absolute atomic E-state index is 0.140. The van der Waals surface area contributed by atoms with Gasteiger partial charge in [-0.05, 0) is 49.1 Å². The standard InChI is InChI=1S/C18H16FN3O.C6H13NO2/c19-12-7-8-15-14(11-12)18(22-9-3-4-10-22)21-17(20-15)13-5-1-2-6-16(13)23;1-5(2)4-9-6(8)7-3/h1-2,5-8,11,23H,3-4,9-10H2;5H,4H2,1-3H3,(H,7,8). The number of hydrogen-bond acceptors (Lipinski definition) is 6. The van der Waals surface area contributed by atoms with E-state index in [9.17, 15) is 14.3 Å². The maximum absolute atomic E-state index is 13.7. The van der Waals surface area contributed by atoms with Crippen LogP contribution in [-0.4, -0.2) is 47.9 Å². The van der Waals surface area contributed by atoms with Crippen molar-refractivity contribution in [1.82, 2.24) is 15.3 Å². The molecule has 0 atom stereocenters. The number of anilines is 1. The van der Waals surface area contributed by atoms with Crippen LogP contribution in [0.4, 0.5) is 15.0 Å². The summed E-state index contributed by atoms with van der Waals surface area (Å²) in [4.78, 5) is 21.7. The van der Waals surface area contributed by atoms with Gasteiger partial charge in [0.2, 0.25) is 0 Å². The second kappa shape index (κ2) is 10.7. The fourth-order valence-electron chi connectivity index (χ4n) is 3.35. The molecule has 170 valence electrons. The van der Waals surface area contributed by atoms with E-state index >= 15 is 0 Å². The van der Waals surface area contributed by atoms with Crippen molar-refractivity contribution in [2.24, 2.45) is 5.92 Å². The number of phenolic OH excluding ortho intramolecular Hbond substituents is 1. The minimum atomic E-state index is -0.358. The maximum Gasteiger partial charge on any atom is 0.406 e. The van der Waals surface area contributed by atoms with Gasteiger partial charge in [-0.1, -0.05) is 26.0 Å². The first kappa shape index (κ1) is 23.2. The van der Waals surface area contributed by atoms with Gasteiger partial charge in [0.05, 0.1) is 17.7 Å². The smallest absolute Gasteiger partial charge is 0.406 e. The molecule has 8 heteroatoms. The number of halogens is 1. The quantitative estimate of drug-likeness (QED) is 0.609. The SMILES string of the molecule is CNC(=O)OCC(C)C.Oc1ccccc1-c1nc(N2CCCC2)c2cc(F)ccc2n1. The number of alkyl carbamates (subject to hydrolysis) is 1. The van der Waals surface area contributed by atoms with Gasteiger partial charge < -0.3 is 20.1 Å². The molecule has 1 aromatic heterocycles. The Labute approximate surface area is 187 Å². The molecule has 1 amide bonds. The molecule has 1 saturated heterocycles. The van der Waals surface area contributed by atoms with E-state index in [1.54, 1.807) is 31.3 Å². The monoisotopic (exact) mass is 440 g/mol. The Hall–Kier alpha value is -3.42. The molecule has 3 aromatic rings. The number of nitrogens with one attached hydrogen (secondary N) is 1. The first-order valence-electron chi connectivity index (χ1n) is 10.7. The second-order valence-corrected chi connectivity index (χ2v) is 7.99. The molecule has 2 heterocycles. The van der Waals surface area contributed by atoms with Crippen molar-refractivity contribution in [3.8, 4) is 17.1 Å². The second-order valence-electron chi connectivity index (χ2n) is 7.99. The van der Waals surface area contributed by atoms with E-state index in [2.05, 4.69) is 20.2 Å². The molecule has 2 N–H and O–H groups in total. The summed E-state index contributed by atoms with van der Waals surface area (Å²) in [5.74, 6) is 1.45. The number of ether oxygens (including phenoxy) is 1. The number of nitrogens with zero attached hydrogens (tertiary/aromatic N) is 3. The minimum Gasteiger partial charge on any atom is -0.507 e. The molecular formula is C24H29FN4O3. The van der Waals surface area contributed by atoms with Crippen LogP contribution in [0.1, 0.15) is 26.7 Å². The van der Waals surface area contributed by atoms with Gasteiger partial charge in [-0.2, -0.15) is 0 Å². The fourth-order valence-corrected chi connectivity index (χ4v) is 3.35. The number of benzene rings is 2. The Morgan fingerprint density at radius 3 is 2.56 bits per heavy atom. The first-order valence-corrected chi connectivity index (χ1v) is 10.7. The van der Waals surface area contributed by atoms with E-state index in [1.807, 2.05) is 19.9 Å². The Morgan fingerprint density at radius 1 is 1.19 bits per heavy atom. The van der Waals surface area contributed by atoms with Crippen LogP contribution >= 0.6 is 0 Å². The van der Waals surface area contributed by atoms with Gasteiger partial charge in [0.1, 0.15) is 17.4 Å². The van der Waals surface area contributed by atoms with Crippen LogP contribution in [-0.2, 0) is 4.74 Å². The van der Waals surface area contributed by atoms with Crippen molar-refractivity contribution in [1.29, 1.82) is 0 Å². The van der Waals surface area contributed by atoms with Crippen LogP contribution in [0.2, 0.25) is 0 Å². The predicted molar refractivity (Wildman–Crippen MR) is 123 cm³/mol. The van der Waals surface area contributed by atoms with E-state index in [4.69, 9.17) is 4.74 Å². The van der Waals surface area contributed by atoms with Crippen molar-refractivity contribution in [3.63, 3.8) is 0 Å². The average molecular weight is 441 g/mol. The molecule has 32 heavy (non-hydrogen) atoms. The molecule has 0 unspecified atom stereocenters. The zero-order valence-corrected chi connectivity index (χ0v) is 18.6. The van der Waals surface area contributed by atoms with Gasteiger partial charge >= 0.3 is 6.09 Å². The summed E-state index contributed by atoms with van der Waals surface area (Å²) in [6.45, 7) is 6.28. The molecule has 0 spiro atoms. The summed E-state index contributed by atoms with van der Waals surface area (Å²) in [6.07, 6.45) is 1.85. The highest BCUT2D eigenvalue weighted by atomic mass is 19.1. The number of hydrogen-bond donors (Lipinski definition) is 2. The van der Waals surface area contributed by atoms with Crippen molar-refractivity contribution in [2.75, 3.05) is 31.6 Å². The molecule has 7 nitrogen and oxygen atoms in total. The van der Waals surface area contributed by atoms with E-state index in [0.717, 1.165) is 31.7 Å². The highest BCUT2D eigenvalue weighted by molar-refractivity contribution is 5.91. The molecule has 4 rings (SSSR count). The molecule has 0 aliphatic carbocycles. The summed E-state index contributed by atoms with van der Waals surface area (Å²) < 4.78 is 18.4. The maximum atomic E-state index is 13.7. The van der Waals surface area contributed by atoms with Gasteiger partial charge in [-0.25, -0.2) is 19.2 Å². The third kappa shape index (κ3) is 5.84. The number of carbonyl (C=O) groups is 1. The van der Waals surface area contributed by atoms with Crippen LogP contribution in [0.15, 0.2) is 42.5 Å². The number of para-hydroxylation sites is 1. The molecule has 0 radical (unpaired) electrons. The molecule has 1 aliphatic rings. The Morgan fingerprint density at radius 2 is 1.91 bits per heavy atom. The van der Waals surface area contributed by atoms with Crippen LogP contribution < -0.4 is 10.2 Å². The Balaban J connectivity index is 0.000000275. The molecule has 1 fully saturated rings. The fraction of sp³-hybridized carbons (Fsp3) is 0.375. The van der Waals surface area contributed by atoms with Crippen molar-refractivity contribution < 1.29 is 19.0 Å². The van der Waals surface area contributed by atoms with E-state index in [-0.39, 0.29) is 17.7 Å². The topological polar surface area (TPSA) is 87.6 Å². The third-order valence-electron chi connectivity index (χ3n) is 4.94. The summed E-state index contributed by atoms with van der Waals surface area (Å²) >= 11 is 0. The average Bonchev–Trinajstić information content (AvgIpc) is 3.32. The predicted octanol–water partition coefficient (Wildman–Crippen LogP) is 4.74. The highest BCUT2D eigenvalue weighted by Gasteiger charge is 2.20. The molecule has 0 saturated carbocycles. The number of fused-ring (bicyclic) bond motifs is 1. The molecular weight excluding hydrogens is 411 g/mol. The zero-order chi connectivity index (χ0) is 23.1. The summed E-state index contributed by atoms with van der Waals surface area (Å²) in [7, 11) is 1.54. The number of rotatable bonds is 4. The van der Waals surface area contributed by atoms with E-state index < -0.39 is 0 Å². The first-order chi connectivity index (χ1) is 15.4. The van der Waals surface area contributed by atoms with Crippen LogP contribution in [0.3, 0.4) is 0 Å². The summed E-state index contributed by atoms with van der Waals surface area (Å²) in [6, 6.07) is 11.5. The number of carbonyl (C=O) groups excluding carboxylic acids is 1. The Bertz CT molecular complexity index is 1070. The number of phenols is 1. The lowest BCUT2D eigenvalue weighted by atomic mass is 10.1. The Kier molecular flexibility index (Phi) is 7.81. The van der Waals surface area contributed by atoms with Crippen LogP contribution in [0.5, 0.6) is 5.75 Å². The lowest BCUT2D eigenvalue weighted by Gasteiger charge is -2.19. The van der Waals surface area contributed by atoms with E-state index in [1.165, 1.54) is 12.1 Å². The zero-order valence-electron chi connectivity index (χ0n) is 18.6. The van der Waals surface area contributed by atoms with Gasteiger partial charge in [0.15, 0.2) is 5.82 Å². The van der Waals surface area contributed by atoms with E-state index in [0.29, 0.717) is 34.8 Å². The summed E-state index contributed by atoms with van der Waals surface area (Å²) in [5.41, 5.74) is 1.26. The van der Waals surface area contributed by atoms with Crippen LogP contribution in [0.25, 0.3) is 22.3 Å². The molecule has 0 bridgehead atoms. The number of aromatic nitrogens is 2. The van der Waals surface area contributed by atoms with Gasteiger partial charge in [0, 0.05) is 25.5 Å². The van der Waals surface area contributed by atoms with Crippen molar-refractivity contribution in [3.05, 3.63) is 48.3 Å². The number of amides is 1. The molecule has 2 aromatic carbocycles. The van der Waals surface area contributed by atoms with Crippen LogP contribution in [0, 0.1) is 11.7 Å². The normalized spacial score (nSPS) is 13.1. The van der Waals surface area contributed by atoms with Gasteiger partial charge in [0.25, 0.3) is 0 Å². The van der Waals surface area contributed by atoms with Gasteiger partial charge in [-0.3, -0.25) is 0 Å². The van der Waals surface area contributed by atoms with Crippen molar-refractivity contribution in [2.45, 2.75) is 26.7 Å². The summed E-state index contributed by atoms with van der Waals surface area (Å²) in [5, 5.41) is 13.2. The number of aromatic hydroxyl groups is 1. The van der Waals surface area contributed by atoms with Crippen molar-refractivity contribution >= 4 is 22.8 Å².